The van der Waals surface area contributed by atoms with Crippen molar-refractivity contribution in [2.45, 2.75) is 66.2 Å². The van der Waals surface area contributed by atoms with Crippen LogP contribution < -0.4 is 113 Å². The summed E-state index contributed by atoms with van der Waals surface area (Å²) in [6.45, 7) is 7.78. The van der Waals surface area contributed by atoms with E-state index in [0.717, 1.165) is 25.7 Å². The van der Waals surface area contributed by atoms with E-state index >= 15 is 0 Å². The van der Waals surface area contributed by atoms with Gasteiger partial charge in [0.05, 0.1) is 0 Å². The average Bonchev–Trinajstić information content (AvgIpc) is 2.48. The molecule has 0 saturated carbocycles. The molecule has 0 unspecified atom stereocenters. The smallest absolute Gasteiger partial charge is 0.652 e. The van der Waals surface area contributed by atoms with Crippen LogP contribution in [0.2, 0.25) is 0 Å². The Balaban J connectivity index is -0.0000000883. The van der Waals surface area contributed by atoms with Crippen LogP contribution >= 0.6 is 0 Å². The van der Waals surface area contributed by atoms with Gasteiger partial charge >= 0.3 is 115 Å². The zero-order chi connectivity index (χ0) is 19.5. The topological polar surface area (TPSA) is 138 Å². The van der Waals surface area contributed by atoms with Gasteiger partial charge < -0.3 is 25.2 Å². The summed E-state index contributed by atoms with van der Waals surface area (Å²) in [4.78, 5) is 29.1. The van der Waals surface area contributed by atoms with Crippen molar-refractivity contribution < 1.29 is 138 Å². The molecule has 0 aromatic heterocycles. The Labute approximate surface area is 241 Å². The first kappa shape index (κ1) is 37.7. The van der Waals surface area contributed by atoms with Gasteiger partial charge in [-0.25, -0.2) is 9.59 Å². The van der Waals surface area contributed by atoms with Gasteiger partial charge in [0.2, 0.25) is 0 Å². The third-order valence-corrected chi connectivity index (χ3v) is 2.67. The Morgan fingerprint density at radius 3 is 1.08 bits per heavy atom. The normalized spacial score (nSPS) is 9.85. The molecule has 0 heterocycles. The number of aliphatic carboxylic acids is 2. The molecule has 0 aromatic rings. The molecule has 2 N–H and O–H groups in total. The van der Waals surface area contributed by atoms with Crippen LogP contribution in [0.25, 0.3) is 0 Å². The Hall–Kier alpha value is 0.963. The maximum absolute atomic E-state index is 10.4. The van der Waals surface area contributed by atoms with Crippen molar-refractivity contribution in [1.29, 1.82) is 0 Å². The van der Waals surface area contributed by atoms with Crippen LogP contribution in [0.4, 0.5) is 4.79 Å². The van der Waals surface area contributed by atoms with Crippen LogP contribution in [0.15, 0.2) is 23.3 Å². The van der Waals surface area contributed by atoms with Gasteiger partial charge in [0.15, 0.2) is 0 Å². The minimum Gasteiger partial charge on any atom is -0.652 e. The first-order valence-electron chi connectivity index (χ1n) is 7.90. The number of allylic oxidation sites excluding steroid dienone is 2. The van der Waals surface area contributed by atoms with E-state index in [2.05, 4.69) is 0 Å². The SMILES string of the molecule is CCCC=C(CC)C(=O)O.CCCC=C(CC)C(=O)O.O=C([O-])[O-].[K+].[K+]. The van der Waals surface area contributed by atoms with Crippen molar-refractivity contribution in [1.82, 2.24) is 0 Å². The molecule has 26 heavy (non-hydrogen) atoms. The average molecular weight is 423 g/mol. The molecule has 140 valence electrons. The molecular formula is C17H28K2O7. The zero-order valence-electron chi connectivity index (χ0n) is 16.8. The fourth-order valence-electron chi connectivity index (χ4n) is 1.40. The van der Waals surface area contributed by atoms with Crippen molar-refractivity contribution in [2.24, 2.45) is 0 Å². The maximum atomic E-state index is 10.4. The number of hydrogen-bond donors (Lipinski definition) is 2. The summed E-state index contributed by atoms with van der Waals surface area (Å²) in [7, 11) is 0. The van der Waals surface area contributed by atoms with Gasteiger partial charge in [0.1, 0.15) is 0 Å². The minimum atomic E-state index is -2.33. The predicted molar refractivity (Wildman–Crippen MR) is 87.2 cm³/mol. The molecule has 0 radical (unpaired) electrons. The number of carbonyl (C=O) groups excluding carboxylic acids is 1. The molecule has 0 bridgehead atoms. The summed E-state index contributed by atoms with van der Waals surface area (Å²) < 4.78 is 0. The van der Waals surface area contributed by atoms with Crippen molar-refractivity contribution in [3.05, 3.63) is 23.3 Å². The second kappa shape index (κ2) is 28.2. The minimum absolute atomic E-state index is 0. The number of rotatable bonds is 8. The first-order valence-corrected chi connectivity index (χ1v) is 7.90. The third-order valence-electron chi connectivity index (χ3n) is 2.67. The van der Waals surface area contributed by atoms with Crippen molar-refractivity contribution in [2.75, 3.05) is 0 Å². The quantitative estimate of drug-likeness (QED) is 0.300. The monoisotopic (exact) mass is 422 g/mol. The Kier molecular flexibility index (Phi) is 40.8. The second-order valence-corrected chi connectivity index (χ2v) is 4.60. The molecule has 0 atom stereocenters. The Bertz CT molecular complexity index is 395. The maximum Gasteiger partial charge on any atom is 1.00 e. The number of hydrogen-bond acceptors (Lipinski definition) is 5. The van der Waals surface area contributed by atoms with E-state index in [9.17, 15) is 9.59 Å². The molecule has 0 aliphatic carbocycles. The molecule has 0 aromatic carbocycles. The summed E-state index contributed by atoms with van der Waals surface area (Å²) in [6, 6.07) is 0. The van der Waals surface area contributed by atoms with Crippen molar-refractivity contribution in [3.8, 4) is 0 Å². The second-order valence-electron chi connectivity index (χ2n) is 4.60. The van der Waals surface area contributed by atoms with Crippen LogP contribution in [0.5, 0.6) is 0 Å². The number of carboxylic acids is 2. The molecular weight excluding hydrogens is 394 g/mol. The van der Waals surface area contributed by atoms with Crippen LogP contribution in [0.1, 0.15) is 66.2 Å². The van der Waals surface area contributed by atoms with Gasteiger partial charge in [-0.15, -0.1) is 0 Å². The first-order chi connectivity index (χ1) is 11.2. The van der Waals surface area contributed by atoms with Crippen molar-refractivity contribution >= 4 is 18.1 Å². The summed E-state index contributed by atoms with van der Waals surface area (Å²) >= 11 is 0. The van der Waals surface area contributed by atoms with Crippen LogP contribution in [0, 0.1) is 0 Å². The predicted octanol–water partition coefficient (Wildman–Crippen LogP) is -4.02. The van der Waals surface area contributed by atoms with E-state index in [1.165, 1.54) is 0 Å². The summed E-state index contributed by atoms with van der Waals surface area (Å²) in [6.07, 6.45) is 6.26. The number of carboxylic acid groups (broad SMARTS) is 4. The molecule has 0 aliphatic rings. The molecule has 0 fully saturated rings. The molecule has 0 amide bonds. The summed E-state index contributed by atoms with van der Waals surface area (Å²) in [5, 5.41) is 33.7. The van der Waals surface area contributed by atoms with E-state index in [4.69, 9.17) is 25.2 Å². The van der Waals surface area contributed by atoms with Crippen molar-refractivity contribution in [3.63, 3.8) is 0 Å². The van der Waals surface area contributed by atoms with Gasteiger partial charge in [0, 0.05) is 11.1 Å². The van der Waals surface area contributed by atoms with Crippen LogP contribution in [-0.2, 0) is 9.59 Å². The van der Waals surface area contributed by atoms with Crippen LogP contribution in [-0.4, -0.2) is 28.3 Å². The Morgan fingerprint density at radius 1 is 0.731 bits per heavy atom. The van der Waals surface area contributed by atoms with E-state index in [1.54, 1.807) is 12.2 Å². The largest absolute Gasteiger partial charge is 1.00 e. The van der Waals surface area contributed by atoms with E-state index < -0.39 is 18.1 Å². The number of carbonyl (C=O) groups is 3. The molecule has 0 spiro atoms. The molecule has 0 saturated heterocycles. The molecule has 0 rings (SSSR count). The van der Waals surface area contributed by atoms with E-state index in [1.807, 2.05) is 27.7 Å². The fourth-order valence-corrected chi connectivity index (χ4v) is 1.40. The van der Waals surface area contributed by atoms with E-state index in [-0.39, 0.29) is 103 Å². The molecule has 9 heteroatoms. The third kappa shape index (κ3) is 32.6. The van der Waals surface area contributed by atoms with Crippen LogP contribution in [0.3, 0.4) is 0 Å². The molecule has 7 nitrogen and oxygen atoms in total. The van der Waals surface area contributed by atoms with Gasteiger partial charge in [-0.3, -0.25) is 0 Å². The number of unbranched alkanes of at least 4 members (excludes halogenated alkanes) is 2. The summed E-state index contributed by atoms with van der Waals surface area (Å²) in [5.41, 5.74) is 1.06. The van der Waals surface area contributed by atoms with E-state index in [0.29, 0.717) is 24.0 Å². The summed E-state index contributed by atoms with van der Waals surface area (Å²) in [5.74, 6) is -1.56. The zero-order valence-corrected chi connectivity index (χ0v) is 23.1. The Morgan fingerprint density at radius 2 is 0.962 bits per heavy atom. The fraction of sp³-hybridized carbons (Fsp3) is 0.588. The molecule has 0 aliphatic heterocycles. The van der Waals surface area contributed by atoms with Gasteiger partial charge in [-0.1, -0.05) is 52.7 Å². The standard InChI is InChI=1S/2C8H14O2.CH2O3.2K/c2*1-3-5-6-7(4-2)8(9)10;2-1(3)4;;/h2*6H,3-5H2,1-2H3,(H,9,10);(H2,2,3,4);;/q;;;2*+1/p-2. The van der Waals surface area contributed by atoms with Gasteiger partial charge in [-0.2, -0.15) is 0 Å². The van der Waals surface area contributed by atoms with Gasteiger partial charge in [-0.05, 0) is 31.8 Å². The van der Waals surface area contributed by atoms with Gasteiger partial charge in [0.25, 0.3) is 0 Å².